The van der Waals surface area contributed by atoms with Crippen LogP contribution in [-0.4, -0.2) is 27.4 Å². The molecule has 1 aliphatic rings. The monoisotopic (exact) mass is 195 g/mol. The zero-order chi connectivity index (χ0) is 9.97. The minimum absolute atomic E-state index is 0.165. The highest BCUT2D eigenvalue weighted by molar-refractivity contribution is 5.14. The first-order valence-electron chi connectivity index (χ1n) is 5.17. The van der Waals surface area contributed by atoms with E-state index < -0.39 is 0 Å². The molecule has 2 rings (SSSR count). The minimum Gasteiger partial charge on any atom is -0.392 e. The number of hydrogen-bond acceptors (Lipinski definition) is 3. The molecule has 4 nitrogen and oxygen atoms in total. The third-order valence-corrected chi connectivity index (χ3v) is 2.97. The molecule has 14 heavy (non-hydrogen) atoms. The Morgan fingerprint density at radius 2 is 2.50 bits per heavy atom. The number of H-pyrrole nitrogens is 1. The van der Waals surface area contributed by atoms with E-state index in [0.717, 1.165) is 31.5 Å². The van der Waals surface area contributed by atoms with E-state index >= 15 is 0 Å². The molecule has 1 saturated carbocycles. The molecule has 3 N–H and O–H groups in total. The van der Waals surface area contributed by atoms with Crippen molar-refractivity contribution in [1.29, 1.82) is 0 Å². The highest BCUT2D eigenvalue weighted by Crippen LogP contribution is 2.19. The fourth-order valence-corrected chi connectivity index (χ4v) is 1.97. The van der Waals surface area contributed by atoms with Crippen molar-refractivity contribution in [2.45, 2.75) is 44.9 Å². The number of aromatic amines is 1. The lowest BCUT2D eigenvalue weighted by Crippen LogP contribution is -2.35. The number of aliphatic hydroxyl groups excluding tert-OH is 1. The molecule has 78 valence electrons. The predicted octanol–water partition coefficient (Wildman–Crippen LogP) is 0.721. The molecule has 2 atom stereocenters. The zero-order valence-electron chi connectivity index (χ0n) is 8.45. The van der Waals surface area contributed by atoms with E-state index in [4.69, 9.17) is 0 Å². The van der Waals surface area contributed by atoms with Crippen LogP contribution in [0.2, 0.25) is 0 Å². The van der Waals surface area contributed by atoms with Crippen LogP contribution >= 0.6 is 0 Å². The van der Waals surface area contributed by atoms with Crippen LogP contribution < -0.4 is 5.32 Å². The van der Waals surface area contributed by atoms with Crippen LogP contribution in [0.15, 0.2) is 6.20 Å². The minimum atomic E-state index is -0.165. The van der Waals surface area contributed by atoms with Gasteiger partial charge in [-0.3, -0.25) is 5.10 Å². The number of nitrogens with one attached hydrogen (secondary N) is 2. The van der Waals surface area contributed by atoms with Crippen LogP contribution in [0.25, 0.3) is 0 Å². The summed E-state index contributed by atoms with van der Waals surface area (Å²) < 4.78 is 0. The Balaban J connectivity index is 1.85. The summed E-state index contributed by atoms with van der Waals surface area (Å²) in [6, 6.07) is 0.268. The van der Waals surface area contributed by atoms with Gasteiger partial charge in [0, 0.05) is 23.8 Å². The first-order chi connectivity index (χ1) is 6.77. The molecule has 1 aliphatic carbocycles. The summed E-state index contributed by atoms with van der Waals surface area (Å²) in [5.41, 5.74) is 2.29. The van der Waals surface area contributed by atoms with Crippen LogP contribution in [0.4, 0.5) is 0 Å². The van der Waals surface area contributed by atoms with Crippen molar-refractivity contribution in [3.63, 3.8) is 0 Å². The maximum atomic E-state index is 9.60. The summed E-state index contributed by atoms with van der Waals surface area (Å²) in [4.78, 5) is 0. The van der Waals surface area contributed by atoms with Gasteiger partial charge in [0.25, 0.3) is 0 Å². The molecule has 0 spiro atoms. The lowest BCUT2D eigenvalue weighted by molar-refractivity contribution is 0.148. The van der Waals surface area contributed by atoms with Crippen LogP contribution in [-0.2, 0) is 6.54 Å². The highest BCUT2D eigenvalue weighted by atomic mass is 16.3. The van der Waals surface area contributed by atoms with Crippen molar-refractivity contribution in [2.75, 3.05) is 0 Å². The van der Waals surface area contributed by atoms with E-state index in [-0.39, 0.29) is 12.1 Å². The summed E-state index contributed by atoms with van der Waals surface area (Å²) in [6.45, 7) is 2.80. The molecule has 1 aromatic rings. The second kappa shape index (κ2) is 4.11. The number of hydrogen-bond donors (Lipinski definition) is 3. The van der Waals surface area contributed by atoms with Gasteiger partial charge >= 0.3 is 0 Å². The smallest absolute Gasteiger partial charge is 0.0693 e. The standard InChI is InChI=1S/C10H17N3O/c1-7-8(6-12-13-7)5-11-9-3-2-4-10(9)14/h6,9-11,14H,2-5H2,1H3,(H,12,13). The Hall–Kier alpha value is -0.870. The molecule has 0 radical (unpaired) electrons. The van der Waals surface area contributed by atoms with Crippen molar-refractivity contribution < 1.29 is 5.11 Å². The van der Waals surface area contributed by atoms with Gasteiger partial charge in [0.05, 0.1) is 12.3 Å². The Labute approximate surface area is 83.7 Å². The molecule has 1 heterocycles. The molecular formula is C10H17N3O. The van der Waals surface area contributed by atoms with Gasteiger partial charge in [-0.25, -0.2) is 0 Å². The Bertz CT molecular complexity index is 297. The number of aromatic nitrogens is 2. The fourth-order valence-electron chi connectivity index (χ4n) is 1.97. The van der Waals surface area contributed by atoms with Crippen molar-refractivity contribution in [3.05, 3.63) is 17.5 Å². The van der Waals surface area contributed by atoms with Gasteiger partial charge in [-0.05, 0) is 26.2 Å². The summed E-state index contributed by atoms with van der Waals surface area (Å²) in [6.07, 6.45) is 4.81. The van der Waals surface area contributed by atoms with Crippen molar-refractivity contribution in [1.82, 2.24) is 15.5 Å². The number of rotatable bonds is 3. The van der Waals surface area contributed by atoms with Crippen LogP contribution in [0.1, 0.15) is 30.5 Å². The fraction of sp³-hybridized carbons (Fsp3) is 0.700. The molecule has 0 saturated heterocycles. The largest absolute Gasteiger partial charge is 0.392 e. The van der Waals surface area contributed by atoms with Crippen LogP contribution in [0.5, 0.6) is 0 Å². The second-order valence-electron chi connectivity index (χ2n) is 4.01. The lowest BCUT2D eigenvalue weighted by atomic mass is 10.2. The maximum Gasteiger partial charge on any atom is 0.0693 e. The molecule has 0 aliphatic heterocycles. The first kappa shape index (κ1) is 9.68. The molecule has 2 unspecified atom stereocenters. The Kier molecular flexibility index (Phi) is 2.84. The normalized spacial score (nSPS) is 27.0. The SMILES string of the molecule is Cc1[nH]ncc1CNC1CCCC1O. The molecule has 4 heteroatoms. The van der Waals surface area contributed by atoms with Gasteiger partial charge in [0.1, 0.15) is 0 Å². The van der Waals surface area contributed by atoms with E-state index in [1.54, 1.807) is 0 Å². The van der Waals surface area contributed by atoms with Crippen molar-refractivity contribution in [3.8, 4) is 0 Å². The molecule has 1 aromatic heterocycles. The van der Waals surface area contributed by atoms with E-state index in [1.165, 1.54) is 5.56 Å². The van der Waals surface area contributed by atoms with E-state index in [1.807, 2.05) is 13.1 Å². The van der Waals surface area contributed by atoms with Crippen molar-refractivity contribution in [2.24, 2.45) is 0 Å². The number of nitrogens with zero attached hydrogens (tertiary/aromatic N) is 1. The zero-order valence-corrected chi connectivity index (χ0v) is 8.45. The summed E-state index contributed by atoms with van der Waals surface area (Å²) in [5.74, 6) is 0. The third kappa shape index (κ3) is 1.96. The first-order valence-corrected chi connectivity index (χ1v) is 5.17. The van der Waals surface area contributed by atoms with Crippen LogP contribution in [0.3, 0.4) is 0 Å². The summed E-state index contributed by atoms with van der Waals surface area (Å²) >= 11 is 0. The lowest BCUT2D eigenvalue weighted by Gasteiger charge is -2.15. The highest BCUT2D eigenvalue weighted by Gasteiger charge is 2.24. The number of aryl methyl sites for hydroxylation is 1. The quantitative estimate of drug-likeness (QED) is 0.666. The van der Waals surface area contributed by atoms with E-state index in [9.17, 15) is 5.11 Å². The Morgan fingerprint density at radius 3 is 3.07 bits per heavy atom. The average molecular weight is 195 g/mol. The third-order valence-electron chi connectivity index (χ3n) is 2.97. The Morgan fingerprint density at radius 1 is 1.64 bits per heavy atom. The van der Waals surface area contributed by atoms with Gasteiger partial charge in [-0.15, -0.1) is 0 Å². The summed E-state index contributed by atoms with van der Waals surface area (Å²) in [7, 11) is 0. The maximum absolute atomic E-state index is 9.60. The van der Waals surface area contributed by atoms with Gasteiger partial charge in [-0.1, -0.05) is 0 Å². The average Bonchev–Trinajstić information content (AvgIpc) is 2.72. The van der Waals surface area contributed by atoms with Gasteiger partial charge < -0.3 is 10.4 Å². The van der Waals surface area contributed by atoms with Crippen LogP contribution in [0, 0.1) is 6.92 Å². The second-order valence-corrected chi connectivity index (χ2v) is 4.01. The van der Waals surface area contributed by atoms with Crippen molar-refractivity contribution >= 4 is 0 Å². The van der Waals surface area contributed by atoms with E-state index in [0.29, 0.717) is 0 Å². The van der Waals surface area contributed by atoms with Gasteiger partial charge in [0.2, 0.25) is 0 Å². The topological polar surface area (TPSA) is 60.9 Å². The van der Waals surface area contributed by atoms with Gasteiger partial charge in [-0.2, -0.15) is 5.10 Å². The molecule has 0 amide bonds. The number of aliphatic hydroxyl groups is 1. The predicted molar refractivity (Wildman–Crippen MR) is 53.8 cm³/mol. The summed E-state index contributed by atoms with van der Waals surface area (Å²) in [5, 5.41) is 19.8. The van der Waals surface area contributed by atoms with E-state index in [2.05, 4.69) is 15.5 Å². The molecule has 1 fully saturated rings. The van der Waals surface area contributed by atoms with Gasteiger partial charge in [0.15, 0.2) is 0 Å². The molecule has 0 aromatic carbocycles. The molecular weight excluding hydrogens is 178 g/mol. The molecule has 0 bridgehead atoms.